The van der Waals surface area contributed by atoms with Gasteiger partial charge in [-0.15, -0.1) is 24.0 Å². The average molecular weight is 451 g/mol. The minimum Gasteiger partial charge on any atom is -0.490 e. The van der Waals surface area contributed by atoms with Crippen molar-refractivity contribution in [3.63, 3.8) is 0 Å². The van der Waals surface area contributed by atoms with Gasteiger partial charge in [0.2, 0.25) is 0 Å². The van der Waals surface area contributed by atoms with Crippen LogP contribution in [0.1, 0.15) is 6.42 Å². The first-order valence-corrected chi connectivity index (χ1v) is 7.77. The molecule has 8 heteroatoms. The second-order valence-electron chi connectivity index (χ2n) is 4.94. The molecular formula is C16H26IN3O4. The predicted octanol–water partition coefficient (Wildman–Crippen LogP) is 2.12. The highest BCUT2D eigenvalue weighted by molar-refractivity contribution is 14.0. The first-order valence-electron chi connectivity index (χ1n) is 7.77. The molecule has 0 atom stereocenters. The van der Waals surface area contributed by atoms with Crippen LogP contribution in [0.4, 0.5) is 5.69 Å². The summed E-state index contributed by atoms with van der Waals surface area (Å²) in [6.07, 6.45) is 0.893. The molecule has 1 aliphatic heterocycles. The molecule has 1 aromatic carbocycles. The molecule has 0 radical (unpaired) electrons. The fourth-order valence-corrected chi connectivity index (χ4v) is 2.04. The predicted molar refractivity (Wildman–Crippen MR) is 105 cm³/mol. The minimum absolute atomic E-state index is 0. The molecule has 0 amide bonds. The first kappa shape index (κ1) is 20.8. The second-order valence-corrected chi connectivity index (χ2v) is 4.94. The third-order valence-electron chi connectivity index (χ3n) is 3.20. The average Bonchev–Trinajstić information content (AvgIpc) is 2.81. The molecule has 0 spiro atoms. The molecule has 136 valence electrons. The van der Waals surface area contributed by atoms with E-state index in [2.05, 4.69) is 15.6 Å². The molecule has 0 aromatic heterocycles. The number of anilines is 1. The van der Waals surface area contributed by atoms with E-state index in [0.29, 0.717) is 45.5 Å². The minimum atomic E-state index is 0. The van der Waals surface area contributed by atoms with Gasteiger partial charge in [-0.25, -0.2) is 0 Å². The largest absolute Gasteiger partial charge is 0.490 e. The zero-order valence-corrected chi connectivity index (χ0v) is 16.5. The molecule has 0 saturated heterocycles. The molecule has 7 nitrogen and oxygen atoms in total. The van der Waals surface area contributed by atoms with Crippen LogP contribution in [0, 0.1) is 0 Å². The van der Waals surface area contributed by atoms with E-state index in [9.17, 15) is 0 Å². The molecule has 1 heterocycles. The zero-order valence-electron chi connectivity index (χ0n) is 14.2. The van der Waals surface area contributed by atoms with Crippen molar-refractivity contribution < 1.29 is 18.9 Å². The Morgan fingerprint density at radius 1 is 1.17 bits per heavy atom. The molecule has 0 saturated carbocycles. The highest BCUT2D eigenvalue weighted by atomic mass is 127. The normalized spacial score (nSPS) is 13.7. The number of halogens is 1. The van der Waals surface area contributed by atoms with Gasteiger partial charge in [-0.2, -0.15) is 0 Å². The van der Waals surface area contributed by atoms with Crippen LogP contribution in [-0.4, -0.2) is 59.7 Å². The smallest absolute Gasteiger partial charge is 0.195 e. The number of ether oxygens (including phenoxy) is 4. The Bertz CT molecular complexity index is 514. The monoisotopic (exact) mass is 451 g/mol. The SMILES string of the molecule is CN=C(NCCOCCOC)Nc1ccc2c(c1)OCCCO2.I. The Balaban J connectivity index is 0.00000288. The maximum atomic E-state index is 5.68. The van der Waals surface area contributed by atoms with E-state index in [1.807, 2.05) is 18.2 Å². The molecule has 2 N–H and O–H groups in total. The summed E-state index contributed by atoms with van der Waals surface area (Å²) in [6.45, 7) is 3.80. The van der Waals surface area contributed by atoms with Crippen LogP contribution in [0.5, 0.6) is 11.5 Å². The van der Waals surface area contributed by atoms with E-state index < -0.39 is 0 Å². The zero-order chi connectivity index (χ0) is 16.3. The van der Waals surface area contributed by atoms with Crippen LogP contribution >= 0.6 is 24.0 Å². The van der Waals surface area contributed by atoms with Crippen LogP contribution in [0.15, 0.2) is 23.2 Å². The van der Waals surface area contributed by atoms with Crippen molar-refractivity contribution in [1.82, 2.24) is 5.32 Å². The van der Waals surface area contributed by atoms with Gasteiger partial charge in [-0.3, -0.25) is 4.99 Å². The van der Waals surface area contributed by atoms with Gasteiger partial charge < -0.3 is 29.6 Å². The quantitative estimate of drug-likeness (QED) is 0.287. The summed E-state index contributed by atoms with van der Waals surface area (Å²) >= 11 is 0. The Kier molecular flexibility index (Phi) is 10.5. The lowest BCUT2D eigenvalue weighted by Gasteiger charge is -2.14. The molecule has 1 aliphatic rings. The fraction of sp³-hybridized carbons (Fsp3) is 0.562. The van der Waals surface area contributed by atoms with Gasteiger partial charge >= 0.3 is 0 Å². The van der Waals surface area contributed by atoms with Gasteiger partial charge in [0.25, 0.3) is 0 Å². The highest BCUT2D eigenvalue weighted by Crippen LogP contribution is 2.32. The van der Waals surface area contributed by atoms with E-state index >= 15 is 0 Å². The van der Waals surface area contributed by atoms with E-state index in [4.69, 9.17) is 18.9 Å². The lowest BCUT2D eigenvalue weighted by Crippen LogP contribution is -2.33. The van der Waals surface area contributed by atoms with Crippen molar-refractivity contribution in [3.05, 3.63) is 18.2 Å². The van der Waals surface area contributed by atoms with Gasteiger partial charge in [-0.1, -0.05) is 0 Å². The summed E-state index contributed by atoms with van der Waals surface area (Å²) in [7, 11) is 3.38. The molecule has 0 fully saturated rings. The van der Waals surface area contributed by atoms with E-state index in [1.54, 1.807) is 14.2 Å². The number of benzene rings is 1. The Hall–Kier alpha value is -1.26. The van der Waals surface area contributed by atoms with Crippen LogP contribution < -0.4 is 20.1 Å². The second kappa shape index (κ2) is 12.2. The van der Waals surface area contributed by atoms with E-state index in [-0.39, 0.29) is 24.0 Å². The third-order valence-corrected chi connectivity index (χ3v) is 3.20. The topological polar surface area (TPSA) is 73.3 Å². The van der Waals surface area contributed by atoms with E-state index in [0.717, 1.165) is 23.6 Å². The maximum Gasteiger partial charge on any atom is 0.195 e. The van der Waals surface area contributed by atoms with Gasteiger partial charge in [0.1, 0.15) is 0 Å². The molecule has 0 aliphatic carbocycles. The van der Waals surface area contributed by atoms with E-state index in [1.165, 1.54) is 0 Å². The van der Waals surface area contributed by atoms with Crippen molar-refractivity contribution in [1.29, 1.82) is 0 Å². The number of nitrogens with zero attached hydrogens (tertiary/aromatic N) is 1. The Labute approximate surface area is 160 Å². The van der Waals surface area contributed by atoms with Gasteiger partial charge in [0.15, 0.2) is 17.5 Å². The number of rotatable bonds is 7. The molecule has 0 bridgehead atoms. The number of aliphatic imine (C=N–C) groups is 1. The number of methoxy groups -OCH3 is 1. The molecule has 24 heavy (non-hydrogen) atoms. The summed E-state index contributed by atoms with van der Waals surface area (Å²) in [6, 6.07) is 5.77. The van der Waals surface area contributed by atoms with Crippen molar-refractivity contribution in [2.75, 3.05) is 59.1 Å². The van der Waals surface area contributed by atoms with Crippen LogP contribution in [0.25, 0.3) is 0 Å². The number of fused-ring (bicyclic) bond motifs is 1. The van der Waals surface area contributed by atoms with Crippen molar-refractivity contribution in [3.8, 4) is 11.5 Å². The molecule has 0 unspecified atom stereocenters. The summed E-state index contributed by atoms with van der Waals surface area (Å²) in [5, 5.41) is 6.41. The summed E-state index contributed by atoms with van der Waals surface area (Å²) < 4.78 is 21.6. The molecule has 1 aromatic rings. The maximum absolute atomic E-state index is 5.68. The fourth-order valence-electron chi connectivity index (χ4n) is 2.04. The van der Waals surface area contributed by atoms with Crippen molar-refractivity contribution in [2.24, 2.45) is 4.99 Å². The van der Waals surface area contributed by atoms with Crippen LogP contribution in [0.3, 0.4) is 0 Å². The summed E-state index contributed by atoms with van der Waals surface area (Å²) in [5.41, 5.74) is 0.891. The van der Waals surface area contributed by atoms with Crippen LogP contribution in [0.2, 0.25) is 0 Å². The number of nitrogens with one attached hydrogen (secondary N) is 2. The summed E-state index contributed by atoms with van der Waals surface area (Å²) in [4.78, 5) is 4.19. The van der Waals surface area contributed by atoms with Gasteiger partial charge in [0, 0.05) is 38.9 Å². The standard InChI is InChI=1S/C16H25N3O4.HI/c1-17-16(18-6-9-21-11-10-20-2)19-13-4-5-14-15(12-13)23-8-3-7-22-14;/h4-5,12H,3,6-11H2,1-2H3,(H2,17,18,19);1H. The summed E-state index contributed by atoms with van der Waals surface area (Å²) in [5.74, 6) is 2.21. The number of hydrogen-bond acceptors (Lipinski definition) is 5. The molecular weight excluding hydrogens is 425 g/mol. The number of guanidine groups is 1. The van der Waals surface area contributed by atoms with Gasteiger partial charge in [0.05, 0.1) is 33.0 Å². The highest BCUT2D eigenvalue weighted by Gasteiger charge is 2.11. The Morgan fingerprint density at radius 2 is 1.96 bits per heavy atom. The third kappa shape index (κ3) is 7.10. The lowest BCUT2D eigenvalue weighted by molar-refractivity contribution is 0.0734. The molecule has 2 rings (SSSR count). The lowest BCUT2D eigenvalue weighted by atomic mass is 10.3. The van der Waals surface area contributed by atoms with Crippen molar-refractivity contribution in [2.45, 2.75) is 6.42 Å². The van der Waals surface area contributed by atoms with Crippen LogP contribution in [-0.2, 0) is 9.47 Å². The van der Waals surface area contributed by atoms with Crippen molar-refractivity contribution >= 4 is 35.6 Å². The number of hydrogen-bond donors (Lipinski definition) is 2. The van der Waals surface area contributed by atoms with Gasteiger partial charge in [-0.05, 0) is 12.1 Å². The Morgan fingerprint density at radius 3 is 2.71 bits per heavy atom. The first-order chi connectivity index (χ1) is 11.3.